The molecule has 26 heavy (non-hydrogen) atoms. The molecule has 4 heteroatoms. The molecule has 0 aromatic heterocycles. The zero-order valence-electron chi connectivity index (χ0n) is 16.3. The van der Waals surface area contributed by atoms with Gasteiger partial charge in [-0.25, -0.2) is 0 Å². The molecule has 0 fully saturated rings. The number of carbonyl (C=O) groups is 1. The van der Waals surface area contributed by atoms with Gasteiger partial charge in [-0.15, -0.1) is 0 Å². The molecule has 0 saturated heterocycles. The number of hydrogen-bond acceptors (Lipinski definition) is 3. The molecule has 0 spiro atoms. The van der Waals surface area contributed by atoms with Gasteiger partial charge in [0.2, 0.25) is 0 Å². The smallest absolute Gasteiger partial charge is 0.258 e. The van der Waals surface area contributed by atoms with Crippen molar-refractivity contribution in [1.29, 1.82) is 0 Å². The second-order valence-electron chi connectivity index (χ2n) is 7.31. The number of amides is 1. The highest BCUT2D eigenvalue weighted by Gasteiger charge is 2.28. The van der Waals surface area contributed by atoms with Gasteiger partial charge in [0, 0.05) is 18.2 Å². The lowest BCUT2D eigenvalue weighted by atomic mass is 10.0. The summed E-state index contributed by atoms with van der Waals surface area (Å²) in [5, 5.41) is 3.57. The van der Waals surface area contributed by atoms with Crippen LogP contribution in [-0.2, 0) is 0 Å². The van der Waals surface area contributed by atoms with E-state index in [-0.39, 0.29) is 18.1 Å². The first-order chi connectivity index (χ1) is 12.4. The van der Waals surface area contributed by atoms with Gasteiger partial charge >= 0.3 is 0 Å². The molecule has 1 aliphatic heterocycles. The molecule has 2 aromatic rings. The summed E-state index contributed by atoms with van der Waals surface area (Å²) in [6.45, 7) is 11.0. The van der Waals surface area contributed by atoms with Crippen LogP contribution in [0.4, 0.5) is 11.4 Å². The number of hydrogen-bond donors (Lipinski definition) is 1. The summed E-state index contributed by atoms with van der Waals surface area (Å²) < 4.78 is 5.68. The molecule has 4 nitrogen and oxygen atoms in total. The van der Waals surface area contributed by atoms with E-state index >= 15 is 0 Å². The van der Waals surface area contributed by atoms with Crippen molar-refractivity contribution in [2.75, 3.05) is 16.8 Å². The lowest BCUT2D eigenvalue weighted by Gasteiger charge is -2.36. The number of anilines is 2. The number of rotatable bonds is 4. The van der Waals surface area contributed by atoms with Crippen molar-refractivity contribution in [2.45, 2.75) is 53.2 Å². The van der Waals surface area contributed by atoms with Gasteiger partial charge in [0.1, 0.15) is 5.75 Å². The summed E-state index contributed by atoms with van der Waals surface area (Å²) in [5.41, 5.74) is 5.11. The maximum Gasteiger partial charge on any atom is 0.258 e. The van der Waals surface area contributed by atoms with E-state index in [9.17, 15) is 4.79 Å². The summed E-state index contributed by atoms with van der Waals surface area (Å²) in [6, 6.07) is 12.0. The number of fused-ring (bicyclic) bond motifs is 1. The standard InChI is InChI=1S/C22H28N2O2/c1-6-18-13-24(21-12-16(5)15(4)11-20(21)23-18)22(25)17-7-9-19(10-8-17)26-14(2)3/h7-12,14,18,23H,6,13H2,1-5H3. The van der Waals surface area contributed by atoms with Crippen molar-refractivity contribution < 1.29 is 9.53 Å². The van der Waals surface area contributed by atoms with Gasteiger partial charge in [-0.2, -0.15) is 0 Å². The Morgan fingerprint density at radius 3 is 2.46 bits per heavy atom. The Hall–Kier alpha value is -2.49. The second-order valence-corrected chi connectivity index (χ2v) is 7.31. The molecule has 0 aliphatic carbocycles. The fraction of sp³-hybridized carbons (Fsp3) is 0.409. The van der Waals surface area contributed by atoms with Crippen LogP contribution in [-0.4, -0.2) is 24.6 Å². The van der Waals surface area contributed by atoms with Crippen LogP contribution in [0.15, 0.2) is 36.4 Å². The molecule has 0 bridgehead atoms. The fourth-order valence-electron chi connectivity index (χ4n) is 3.25. The van der Waals surface area contributed by atoms with Crippen LogP contribution in [0.1, 0.15) is 48.7 Å². The van der Waals surface area contributed by atoms with E-state index in [1.165, 1.54) is 11.1 Å². The third-order valence-electron chi connectivity index (χ3n) is 4.88. The van der Waals surface area contributed by atoms with Crippen LogP contribution in [0, 0.1) is 13.8 Å². The Bertz CT molecular complexity index is 797. The molecule has 138 valence electrons. The highest BCUT2D eigenvalue weighted by atomic mass is 16.5. The molecule has 1 unspecified atom stereocenters. The quantitative estimate of drug-likeness (QED) is 0.847. The highest BCUT2D eigenvalue weighted by molar-refractivity contribution is 6.08. The van der Waals surface area contributed by atoms with Crippen LogP contribution >= 0.6 is 0 Å². The first kappa shape index (κ1) is 18.3. The van der Waals surface area contributed by atoms with Crippen molar-refractivity contribution in [3.05, 3.63) is 53.1 Å². The Kier molecular flexibility index (Phi) is 5.21. The molecular formula is C22H28N2O2. The Morgan fingerprint density at radius 1 is 1.19 bits per heavy atom. The fourth-order valence-corrected chi connectivity index (χ4v) is 3.25. The summed E-state index contributed by atoms with van der Waals surface area (Å²) in [5.74, 6) is 0.820. The molecule has 1 N–H and O–H groups in total. The molecule has 1 amide bonds. The number of nitrogens with one attached hydrogen (secondary N) is 1. The molecule has 2 aromatic carbocycles. The minimum absolute atomic E-state index is 0.0329. The molecule has 1 heterocycles. The average molecular weight is 352 g/mol. The zero-order valence-corrected chi connectivity index (χ0v) is 16.3. The number of carbonyl (C=O) groups excluding carboxylic acids is 1. The van der Waals surface area contributed by atoms with Gasteiger partial charge in [0.25, 0.3) is 5.91 Å². The van der Waals surface area contributed by atoms with Gasteiger partial charge in [-0.3, -0.25) is 4.79 Å². The molecule has 0 saturated carbocycles. The molecule has 3 rings (SSSR count). The number of ether oxygens (including phenoxy) is 1. The maximum atomic E-state index is 13.2. The Morgan fingerprint density at radius 2 is 1.85 bits per heavy atom. The summed E-state index contributed by atoms with van der Waals surface area (Å²) in [6.07, 6.45) is 1.09. The third kappa shape index (κ3) is 3.69. The van der Waals surface area contributed by atoms with Crippen LogP contribution in [0.3, 0.4) is 0 Å². The van der Waals surface area contributed by atoms with Crippen LogP contribution < -0.4 is 15.0 Å². The lowest BCUT2D eigenvalue weighted by molar-refractivity contribution is 0.0984. The molecule has 1 aliphatic rings. The topological polar surface area (TPSA) is 41.6 Å². The first-order valence-corrected chi connectivity index (χ1v) is 9.35. The van der Waals surface area contributed by atoms with Gasteiger partial charge in [-0.1, -0.05) is 6.92 Å². The molecule has 1 atom stereocenters. The SMILES string of the molecule is CCC1CN(C(=O)c2ccc(OC(C)C)cc2)c2cc(C)c(C)cc2N1. The van der Waals surface area contributed by atoms with E-state index in [0.717, 1.165) is 23.5 Å². The number of aryl methyl sites for hydroxylation is 2. The number of benzene rings is 2. The van der Waals surface area contributed by atoms with Gasteiger partial charge < -0.3 is 15.0 Å². The van der Waals surface area contributed by atoms with Gasteiger partial charge in [-0.05, 0) is 81.6 Å². The van der Waals surface area contributed by atoms with E-state index in [1.54, 1.807) is 0 Å². The Labute approximate surface area is 156 Å². The minimum Gasteiger partial charge on any atom is -0.491 e. The van der Waals surface area contributed by atoms with Crippen molar-refractivity contribution in [1.82, 2.24) is 0 Å². The monoisotopic (exact) mass is 352 g/mol. The summed E-state index contributed by atoms with van der Waals surface area (Å²) in [7, 11) is 0. The van der Waals surface area contributed by atoms with E-state index < -0.39 is 0 Å². The Balaban J connectivity index is 1.92. The average Bonchev–Trinajstić information content (AvgIpc) is 2.61. The largest absolute Gasteiger partial charge is 0.491 e. The van der Waals surface area contributed by atoms with Crippen molar-refractivity contribution in [2.24, 2.45) is 0 Å². The van der Waals surface area contributed by atoms with Crippen LogP contribution in [0.2, 0.25) is 0 Å². The normalized spacial score (nSPS) is 16.2. The van der Waals surface area contributed by atoms with Crippen molar-refractivity contribution in [3.8, 4) is 5.75 Å². The third-order valence-corrected chi connectivity index (χ3v) is 4.88. The van der Waals surface area contributed by atoms with E-state index in [1.807, 2.05) is 43.0 Å². The second kappa shape index (κ2) is 7.40. The van der Waals surface area contributed by atoms with Gasteiger partial charge in [0.15, 0.2) is 0 Å². The first-order valence-electron chi connectivity index (χ1n) is 9.35. The van der Waals surface area contributed by atoms with E-state index in [0.29, 0.717) is 12.1 Å². The summed E-state index contributed by atoms with van der Waals surface area (Å²) >= 11 is 0. The van der Waals surface area contributed by atoms with E-state index in [2.05, 4.69) is 38.2 Å². The molecule has 0 radical (unpaired) electrons. The van der Waals surface area contributed by atoms with Gasteiger partial charge in [0.05, 0.1) is 17.5 Å². The highest BCUT2D eigenvalue weighted by Crippen LogP contribution is 2.35. The van der Waals surface area contributed by atoms with Crippen molar-refractivity contribution in [3.63, 3.8) is 0 Å². The zero-order chi connectivity index (χ0) is 18.8. The van der Waals surface area contributed by atoms with E-state index in [4.69, 9.17) is 4.74 Å². The van der Waals surface area contributed by atoms with Crippen molar-refractivity contribution >= 4 is 17.3 Å². The summed E-state index contributed by atoms with van der Waals surface area (Å²) in [4.78, 5) is 15.1. The molecular weight excluding hydrogens is 324 g/mol. The number of nitrogens with zero attached hydrogens (tertiary/aromatic N) is 1. The predicted octanol–water partition coefficient (Wildman–Crippen LogP) is 4.94. The van der Waals surface area contributed by atoms with Crippen LogP contribution in [0.25, 0.3) is 0 Å². The van der Waals surface area contributed by atoms with Crippen LogP contribution in [0.5, 0.6) is 5.75 Å². The maximum absolute atomic E-state index is 13.2. The predicted molar refractivity (Wildman–Crippen MR) is 108 cm³/mol. The minimum atomic E-state index is 0.0329. The lowest BCUT2D eigenvalue weighted by Crippen LogP contribution is -2.44.